The maximum absolute atomic E-state index is 12.8. The molecule has 5 aliphatic carbocycles. The predicted molar refractivity (Wildman–Crippen MR) is 154 cm³/mol. The van der Waals surface area contributed by atoms with Crippen molar-refractivity contribution in [2.75, 3.05) is 19.6 Å². The van der Waals surface area contributed by atoms with Crippen molar-refractivity contribution in [2.24, 2.45) is 40.4 Å². The van der Waals surface area contributed by atoms with Gasteiger partial charge in [0.1, 0.15) is 0 Å². The van der Waals surface area contributed by atoms with Gasteiger partial charge >= 0.3 is 5.97 Å². The van der Waals surface area contributed by atoms with Crippen LogP contribution in [0.5, 0.6) is 0 Å². The van der Waals surface area contributed by atoms with Crippen molar-refractivity contribution < 1.29 is 9.63 Å². The lowest BCUT2D eigenvalue weighted by Crippen LogP contribution is -2.51. The standard InChI is InChI=1S/C34H47N3O2/c1-33-15-11-27(36-39-32(38)24-13-18-37(19-14-24)22-23-5-6-23)20-26(33)7-8-28-30-10-9-29(25-4-3-17-35-21-25)34(30,2)16-12-31(28)33/h3-4,9,17,20-21,23-24,27-28,30-31,36H,5-8,10-16,18-19,22H2,1-2H3. The van der Waals surface area contributed by atoms with Crippen LogP contribution in [0.4, 0.5) is 0 Å². The Morgan fingerprint density at radius 2 is 1.87 bits per heavy atom. The second kappa shape index (κ2) is 10.1. The number of aromatic nitrogens is 1. The molecule has 0 amide bonds. The summed E-state index contributed by atoms with van der Waals surface area (Å²) in [6.07, 6.45) is 22.2. The van der Waals surface area contributed by atoms with Gasteiger partial charge in [0.15, 0.2) is 0 Å². The van der Waals surface area contributed by atoms with E-state index in [1.807, 2.05) is 6.20 Å². The number of nitrogens with one attached hydrogen (secondary N) is 1. The summed E-state index contributed by atoms with van der Waals surface area (Å²) < 4.78 is 0. The minimum atomic E-state index is -0.0405. The van der Waals surface area contributed by atoms with Crippen LogP contribution in [0, 0.1) is 40.4 Å². The number of pyridine rings is 1. The Balaban J connectivity index is 0.965. The van der Waals surface area contributed by atoms with E-state index in [4.69, 9.17) is 4.84 Å². The molecular formula is C34H47N3O2. The zero-order valence-electron chi connectivity index (χ0n) is 24.0. The number of likely N-dealkylation sites (tertiary alicyclic amines) is 1. The minimum Gasteiger partial charge on any atom is -0.370 e. The predicted octanol–water partition coefficient (Wildman–Crippen LogP) is 6.58. The lowest BCUT2D eigenvalue weighted by Gasteiger charge is -2.58. The van der Waals surface area contributed by atoms with E-state index in [2.05, 4.69) is 59.7 Å². The summed E-state index contributed by atoms with van der Waals surface area (Å²) in [6.45, 7) is 8.42. The molecule has 6 atom stereocenters. The molecule has 0 spiro atoms. The fourth-order valence-corrected chi connectivity index (χ4v) is 9.59. The van der Waals surface area contributed by atoms with Crippen LogP contribution < -0.4 is 5.48 Å². The number of hydrogen-bond donors (Lipinski definition) is 1. The first kappa shape index (κ1) is 26.0. The molecule has 5 nitrogen and oxygen atoms in total. The highest BCUT2D eigenvalue weighted by Gasteiger charge is 2.57. The summed E-state index contributed by atoms with van der Waals surface area (Å²) in [5, 5.41) is 0. The Kier molecular flexibility index (Phi) is 6.74. The molecule has 6 aliphatic rings. The van der Waals surface area contributed by atoms with Crippen LogP contribution in [0.25, 0.3) is 5.57 Å². The molecule has 1 N–H and O–H groups in total. The number of carbonyl (C=O) groups excluding carboxylic acids is 1. The third kappa shape index (κ3) is 4.72. The maximum atomic E-state index is 12.8. The summed E-state index contributed by atoms with van der Waals surface area (Å²) in [5.74, 6) is 3.25. The molecule has 1 aromatic rings. The molecule has 6 unspecified atom stereocenters. The molecule has 1 aliphatic heterocycles. The van der Waals surface area contributed by atoms with Gasteiger partial charge in [0.05, 0.1) is 12.0 Å². The fraction of sp³-hybridized carbons (Fsp3) is 0.706. The van der Waals surface area contributed by atoms with E-state index in [1.165, 1.54) is 63.5 Å². The van der Waals surface area contributed by atoms with Gasteiger partial charge in [0.2, 0.25) is 0 Å². The van der Waals surface area contributed by atoms with Crippen molar-refractivity contribution in [1.82, 2.24) is 15.4 Å². The van der Waals surface area contributed by atoms with Crippen LogP contribution in [0.1, 0.15) is 90.0 Å². The number of hydroxylamine groups is 1. The molecule has 2 heterocycles. The van der Waals surface area contributed by atoms with E-state index in [9.17, 15) is 4.79 Å². The Morgan fingerprint density at radius 1 is 1.05 bits per heavy atom. The highest BCUT2D eigenvalue weighted by Crippen LogP contribution is 2.66. The number of carbonyl (C=O) groups is 1. The van der Waals surface area contributed by atoms with Crippen molar-refractivity contribution in [1.29, 1.82) is 0 Å². The van der Waals surface area contributed by atoms with Crippen molar-refractivity contribution in [3.63, 3.8) is 0 Å². The topological polar surface area (TPSA) is 54.5 Å². The molecule has 7 rings (SSSR count). The molecule has 4 fully saturated rings. The van der Waals surface area contributed by atoms with Gasteiger partial charge in [-0.3, -0.25) is 9.78 Å². The van der Waals surface area contributed by atoms with Gasteiger partial charge in [0, 0.05) is 18.9 Å². The zero-order valence-corrected chi connectivity index (χ0v) is 24.0. The molecule has 1 saturated heterocycles. The Bertz CT molecular complexity index is 1130. The number of hydrogen-bond acceptors (Lipinski definition) is 5. The van der Waals surface area contributed by atoms with Crippen LogP contribution in [0.3, 0.4) is 0 Å². The van der Waals surface area contributed by atoms with E-state index in [0.717, 1.165) is 56.0 Å². The van der Waals surface area contributed by atoms with Crippen LogP contribution in [-0.4, -0.2) is 41.5 Å². The SMILES string of the molecule is CC12CCC(NOC(=O)C3CCN(CC4CC4)CC3)C=C1CCC1C2CCC2(C)C(c3cccnc3)=CCC12. The Morgan fingerprint density at radius 3 is 2.64 bits per heavy atom. The van der Waals surface area contributed by atoms with Crippen molar-refractivity contribution in [3.8, 4) is 0 Å². The van der Waals surface area contributed by atoms with Gasteiger partial charge in [-0.25, -0.2) is 0 Å². The molecule has 0 radical (unpaired) electrons. The third-order valence-corrected chi connectivity index (χ3v) is 12.1. The van der Waals surface area contributed by atoms with Crippen LogP contribution in [0.2, 0.25) is 0 Å². The highest BCUT2D eigenvalue weighted by atomic mass is 16.7. The second-order valence-corrected chi connectivity index (χ2v) is 14.3. The van der Waals surface area contributed by atoms with E-state index in [-0.39, 0.29) is 28.8 Å². The van der Waals surface area contributed by atoms with E-state index in [1.54, 1.807) is 11.1 Å². The first-order valence-electron chi connectivity index (χ1n) is 15.9. The lowest BCUT2D eigenvalue weighted by atomic mass is 9.46. The number of piperidine rings is 1. The Hall–Kier alpha value is -1.98. The quantitative estimate of drug-likeness (QED) is 0.333. The fourth-order valence-electron chi connectivity index (χ4n) is 9.59. The van der Waals surface area contributed by atoms with E-state index < -0.39 is 0 Å². The van der Waals surface area contributed by atoms with Gasteiger partial charge in [-0.1, -0.05) is 37.6 Å². The van der Waals surface area contributed by atoms with Crippen LogP contribution in [0.15, 0.2) is 42.3 Å². The summed E-state index contributed by atoms with van der Waals surface area (Å²) in [5.41, 5.74) is 8.28. The third-order valence-electron chi connectivity index (χ3n) is 12.1. The van der Waals surface area contributed by atoms with E-state index in [0.29, 0.717) is 0 Å². The molecule has 5 heteroatoms. The average Bonchev–Trinajstić information content (AvgIpc) is 3.70. The molecule has 1 aromatic heterocycles. The first-order valence-corrected chi connectivity index (χ1v) is 15.9. The highest BCUT2D eigenvalue weighted by molar-refractivity contribution is 5.73. The monoisotopic (exact) mass is 529 g/mol. The maximum Gasteiger partial charge on any atom is 0.327 e. The number of nitrogens with zero attached hydrogens (tertiary/aromatic N) is 2. The average molecular weight is 530 g/mol. The molecule has 210 valence electrons. The van der Waals surface area contributed by atoms with E-state index >= 15 is 0 Å². The number of fused-ring (bicyclic) bond motifs is 5. The normalized spacial score (nSPS) is 38.7. The minimum absolute atomic E-state index is 0.0405. The van der Waals surface area contributed by atoms with Crippen molar-refractivity contribution in [3.05, 3.63) is 47.8 Å². The number of allylic oxidation sites excluding steroid dienone is 3. The molecule has 0 bridgehead atoms. The molecule has 39 heavy (non-hydrogen) atoms. The lowest BCUT2D eigenvalue weighted by molar-refractivity contribution is -0.159. The number of rotatable bonds is 6. The van der Waals surface area contributed by atoms with Gasteiger partial charge < -0.3 is 9.74 Å². The van der Waals surface area contributed by atoms with Crippen LogP contribution in [-0.2, 0) is 9.63 Å². The van der Waals surface area contributed by atoms with Gasteiger partial charge in [0.25, 0.3) is 0 Å². The van der Waals surface area contributed by atoms with Crippen molar-refractivity contribution in [2.45, 2.75) is 90.5 Å². The first-order chi connectivity index (χ1) is 18.9. The molecule has 0 aromatic carbocycles. The summed E-state index contributed by atoms with van der Waals surface area (Å²) in [7, 11) is 0. The molecular weight excluding hydrogens is 482 g/mol. The largest absolute Gasteiger partial charge is 0.370 e. The smallest absolute Gasteiger partial charge is 0.327 e. The summed E-state index contributed by atoms with van der Waals surface area (Å²) >= 11 is 0. The zero-order chi connectivity index (χ0) is 26.6. The van der Waals surface area contributed by atoms with Gasteiger partial charge in [-0.15, -0.1) is 5.48 Å². The Labute approximate surface area is 234 Å². The van der Waals surface area contributed by atoms with Gasteiger partial charge in [-0.05, 0) is 135 Å². The van der Waals surface area contributed by atoms with Gasteiger partial charge in [-0.2, -0.15) is 0 Å². The summed E-state index contributed by atoms with van der Waals surface area (Å²) in [4.78, 5) is 25.6. The summed E-state index contributed by atoms with van der Waals surface area (Å²) in [6, 6.07) is 4.49. The van der Waals surface area contributed by atoms with Crippen molar-refractivity contribution >= 4 is 11.5 Å². The second-order valence-electron chi connectivity index (χ2n) is 14.3. The molecule has 3 saturated carbocycles. The van der Waals surface area contributed by atoms with Crippen LogP contribution >= 0.6 is 0 Å².